The fraction of sp³-hybridized carbons (Fsp3) is 0.650. The molecular formula is C20H29NO2. The summed E-state index contributed by atoms with van der Waals surface area (Å²) in [5.74, 6) is 1.05. The Kier molecular flexibility index (Phi) is 5.37. The highest BCUT2D eigenvalue weighted by Crippen LogP contribution is 2.43. The zero-order valence-corrected chi connectivity index (χ0v) is 14.4. The number of methoxy groups -OCH3 is 1. The van der Waals surface area contributed by atoms with Gasteiger partial charge in [-0.25, -0.2) is 0 Å². The third-order valence-corrected chi connectivity index (χ3v) is 5.72. The Morgan fingerprint density at radius 2 is 1.78 bits per heavy atom. The first-order chi connectivity index (χ1) is 11.2. The summed E-state index contributed by atoms with van der Waals surface area (Å²) < 4.78 is 5.15. The minimum Gasteiger partial charge on any atom is -0.497 e. The number of hydrogen-bond donors (Lipinski definition) is 0. The van der Waals surface area contributed by atoms with Gasteiger partial charge in [0.25, 0.3) is 0 Å². The largest absolute Gasteiger partial charge is 0.497 e. The number of piperidine rings is 1. The van der Waals surface area contributed by atoms with Crippen LogP contribution >= 0.6 is 0 Å². The van der Waals surface area contributed by atoms with Gasteiger partial charge in [0, 0.05) is 25.1 Å². The van der Waals surface area contributed by atoms with Crippen molar-refractivity contribution in [2.45, 2.75) is 51.4 Å². The molecule has 2 aliphatic rings. The Morgan fingerprint density at radius 3 is 2.48 bits per heavy atom. The maximum absolute atomic E-state index is 12.4. The number of Topliss-reactive ketones (excluding diaryl/α,β-unsaturated/α-hetero) is 1. The summed E-state index contributed by atoms with van der Waals surface area (Å²) in [5, 5.41) is 0. The van der Waals surface area contributed by atoms with Crippen molar-refractivity contribution >= 4 is 5.78 Å². The fourth-order valence-electron chi connectivity index (χ4n) is 4.39. The molecule has 3 rings (SSSR count). The number of likely N-dealkylation sites (tertiary alicyclic amines) is 1. The molecule has 1 aromatic carbocycles. The molecular weight excluding hydrogens is 286 g/mol. The van der Waals surface area contributed by atoms with E-state index in [1.165, 1.54) is 51.5 Å². The van der Waals surface area contributed by atoms with Crippen LogP contribution in [0.15, 0.2) is 24.3 Å². The van der Waals surface area contributed by atoms with E-state index in [4.69, 9.17) is 4.74 Å². The Bertz CT molecular complexity index is 511. The fourth-order valence-corrected chi connectivity index (χ4v) is 4.39. The van der Waals surface area contributed by atoms with Gasteiger partial charge in [0.1, 0.15) is 5.75 Å². The van der Waals surface area contributed by atoms with Crippen molar-refractivity contribution < 1.29 is 9.53 Å². The van der Waals surface area contributed by atoms with Gasteiger partial charge < -0.3 is 9.64 Å². The summed E-state index contributed by atoms with van der Waals surface area (Å²) in [7, 11) is 1.65. The molecule has 0 atom stereocenters. The van der Waals surface area contributed by atoms with Crippen LogP contribution in [0.2, 0.25) is 0 Å². The lowest BCUT2D eigenvalue weighted by atomic mass is 9.69. The molecule has 2 fully saturated rings. The van der Waals surface area contributed by atoms with E-state index in [1.807, 2.05) is 24.3 Å². The van der Waals surface area contributed by atoms with E-state index in [0.29, 0.717) is 11.8 Å². The van der Waals surface area contributed by atoms with E-state index < -0.39 is 0 Å². The molecule has 1 saturated carbocycles. The highest BCUT2D eigenvalue weighted by molar-refractivity contribution is 5.96. The molecule has 126 valence electrons. The van der Waals surface area contributed by atoms with Crippen LogP contribution in [0.4, 0.5) is 0 Å². The van der Waals surface area contributed by atoms with Crippen molar-refractivity contribution in [1.29, 1.82) is 0 Å². The first kappa shape index (κ1) is 16.5. The lowest BCUT2D eigenvalue weighted by Gasteiger charge is -2.45. The predicted molar refractivity (Wildman–Crippen MR) is 93.1 cm³/mol. The Morgan fingerprint density at radius 1 is 1.09 bits per heavy atom. The van der Waals surface area contributed by atoms with Gasteiger partial charge in [0.2, 0.25) is 0 Å². The molecule has 1 spiro atoms. The van der Waals surface area contributed by atoms with Crippen LogP contribution in [0.5, 0.6) is 5.75 Å². The normalized spacial score (nSPS) is 21.3. The van der Waals surface area contributed by atoms with E-state index in [-0.39, 0.29) is 5.78 Å². The van der Waals surface area contributed by atoms with Crippen LogP contribution in [0.3, 0.4) is 0 Å². The lowest BCUT2D eigenvalue weighted by Crippen LogP contribution is -2.44. The molecule has 23 heavy (non-hydrogen) atoms. The molecule has 0 N–H and O–H groups in total. The summed E-state index contributed by atoms with van der Waals surface area (Å²) in [6.45, 7) is 3.28. The summed E-state index contributed by atoms with van der Waals surface area (Å²) >= 11 is 0. The van der Waals surface area contributed by atoms with Gasteiger partial charge in [-0.2, -0.15) is 0 Å². The van der Waals surface area contributed by atoms with Gasteiger partial charge in [-0.1, -0.05) is 19.3 Å². The van der Waals surface area contributed by atoms with Gasteiger partial charge in [-0.05, 0) is 61.9 Å². The molecule has 3 nitrogen and oxygen atoms in total. The highest BCUT2D eigenvalue weighted by atomic mass is 16.5. The van der Waals surface area contributed by atoms with E-state index in [2.05, 4.69) is 4.90 Å². The maximum Gasteiger partial charge on any atom is 0.164 e. The van der Waals surface area contributed by atoms with Gasteiger partial charge in [0.15, 0.2) is 5.78 Å². The Labute approximate surface area is 140 Å². The first-order valence-corrected chi connectivity index (χ1v) is 9.10. The van der Waals surface area contributed by atoms with Crippen molar-refractivity contribution in [3.8, 4) is 5.75 Å². The third-order valence-electron chi connectivity index (χ3n) is 5.72. The van der Waals surface area contributed by atoms with E-state index in [1.54, 1.807) is 7.11 Å². The van der Waals surface area contributed by atoms with Crippen molar-refractivity contribution in [3.05, 3.63) is 29.8 Å². The topological polar surface area (TPSA) is 29.5 Å². The van der Waals surface area contributed by atoms with Crippen molar-refractivity contribution in [3.63, 3.8) is 0 Å². The van der Waals surface area contributed by atoms with Gasteiger partial charge in [0.05, 0.1) is 7.11 Å². The van der Waals surface area contributed by atoms with Crippen LogP contribution < -0.4 is 4.74 Å². The van der Waals surface area contributed by atoms with Crippen molar-refractivity contribution in [2.24, 2.45) is 5.41 Å². The Balaban J connectivity index is 1.51. The minimum absolute atomic E-state index is 0.246. The van der Waals surface area contributed by atoms with Crippen LogP contribution in [-0.2, 0) is 0 Å². The molecule has 1 aliphatic carbocycles. The van der Waals surface area contributed by atoms with Gasteiger partial charge >= 0.3 is 0 Å². The molecule has 0 radical (unpaired) electrons. The van der Waals surface area contributed by atoms with Crippen LogP contribution in [0.25, 0.3) is 0 Å². The molecule has 0 bridgehead atoms. The molecule has 1 saturated heterocycles. The number of rotatable bonds is 5. The molecule has 3 heteroatoms. The smallest absolute Gasteiger partial charge is 0.164 e. The molecule has 1 heterocycles. The third kappa shape index (κ3) is 4.14. The molecule has 0 aromatic heterocycles. The Hall–Kier alpha value is -1.35. The van der Waals surface area contributed by atoms with Gasteiger partial charge in [-0.15, -0.1) is 0 Å². The van der Waals surface area contributed by atoms with Crippen molar-refractivity contribution in [1.82, 2.24) is 4.90 Å². The molecule has 0 amide bonds. The summed E-state index contributed by atoms with van der Waals surface area (Å²) in [6, 6.07) is 7.48. The molecule has 1 aromatic rings. The zero-order valence-electron chi connectivity index (χ0n) is 14.4. The first-order valence-electron chi connectivity index (χ1n) is 9.10. The second-order valence-electron chi connectivity index (χ2n) is 7.34. The standard InChI is InChI=1S/C20H29NO2/c1-23-18-8-6-17(7-9-18)19(22)10-15-21-14-5-13-20(16-21)11-3-2-4-12-20/h6-9H,2-5,10-16H2,1H3. The minimum atomic E-state index is 0.246. The quantitative estimate of drug-likeness (QED) is 0.758. The highest BCUT2D eigenvalue weighted by Gasteiger charge is 2.36. The average molecular weight is 315 g/mol. The summed E-state index contributed by atoms with van der Waals surface area (Å²) in [4.78, 5) is 14.9. The lowest BCUT2D eigenvalue weighted by molar-refractivity contribution is 0.0518. The zero-order chi connectivity index (χ0) is 16.1. The van der Waals surface area contributed by atoms with Crippen LogP contribution in [0.1, 0.15) is 61.7 Å². The monoisotopic (exact) mass is 315 g/mol. The van der Waals surface area contributed by atoms with Crippen LogP contribution in [0, 0.1) is 5.41 Å². The molecule has 0 unspecified atom stereocenters. The SMILES string of the molecule is COc1ccc(C(=O)CCN2CCCC3(CCCCC3)C2)cc1. The predicted octanol–water partition coefficient (Wildman–Crippen LogP) is 4.31. The van der Waals surface area contributed by atoms with Gasteiger partial charge in [-0.3, -0.25) is 4.79 Å². The average Bonchev–Trinajstić information content (AvgIpc) is 2.60. The van der Waals surface area contributed by atoms with E-state index >= 15 is 0 Å². The number of nitrogens with zero attached hydrogens (tertiary/aromatic N) is 1. The van der Waals surface area contributed by atoms with Crippen LogP contribution in [-0.4, -0.2) is 37.4 Å². The number of carbonyl (C=O) groups is 1. The van der Waals surface area contributed by atoms with E-state index in [9.17, 15) is 4.79 Å². The number of ketones is 1. The number of benzene rings is 1. The number of ether oxygens (including phenoxy) is 1. The van der Waals surface area contributed by atoms with Crippen molar-refractivity contribution in [2.75, 3.05) is 26.7 Å². The summed E-state index contributed by atoms with van der Waals surface area (Å²) in [6.07, 6.45) is 10.3. The second kappa shape index (κ2) is 7.48. The number of hydrogen-bond acceptors (Lipinski definition) is 3. The number of carbonyl (C=O) groups excluding carboxylic acids is 1. The molecule has 1 aliphatic heterocycles. The second-order valence-corrected chi connectivity index (χ2v) is 7.34. The maximum atomic E-state index is 12.4. The van der Waals surface area contributed by atoms with E-state index in [0.717, 1.165) is 24.4 Å². The summed E-state index contributed by atoms with van der Waals surface area (Å²) in [5.41, 5.74) is 1.37.